The molecule has 0 saturated heterocycles. The van der Waals surface area contributed by atoms with Crippen molar-refractivity contribution >= 4 is 32.8 Å². The Balaban J connectivity index is 2.11. The van der Waals surface area contributed by atoms with Crippen LogP contribution in [0.1, 0.15) is 5.01 Å². The third-order valence-corrected chi connectivity index (χ3v) is 4.34. The Hall–Kier alpha value is -1.23. The van der Waals surface area contributed by atoms with Gasteiger partial charge in [0, 0.05) is 10.1 Å². The number of aliphatic hydroxyl groups is 1. The van der Waals surface area contributed by atoms with Crippen molar-refractivity contribution < 1.29 is 5.11 Å². The monoisotopic (exact) mass is 247 g/mol. The molecule has 80 valence electrons. The quantitative estimate of drug-likeness (QED) is 0.751. The van der Waals surface area contributed by atoms with E-state index in [1.807, 2.05) is 17.5 Å². The summed E-state index contributed by atoms with van der Waals surface area (Å²) in [6.45, 7) is 0.0234. The lowest BCUT2D eigenvalue weighted by Crippen LogP contribution is -1.79. The molecule has 2 heterocycles. The van der Waals surface area contributed by atoms with Gasteiger partial charge in [0.2, 0.25) is 0 Å². The van der Waals surface area contributed by atoms with E-state index in [4.69, 9.17) is 5.11 Å². The fraction of sp³-hybridized carbons (Fsp3) is 0.0833. The lowest BCUT2D eigenvalue weighted by Gasteiger charge is -1.87. The largest absolute Gasteiger partial charge is 0.389 e. The molecular weight excluding hydrogens is 238 g/mol. The molecule has 0 unspecified atom stereocenters. The molecule has 2 aromatic heterocycles. The van der Waals surface area contributed by atoms with Crippen LogP contribution in [0.25, 0.3) is 20.7 Å². The van der Waals surface area contributed by atoms with Crippen molar-refractivity contribution in [2.75, 3.05) is 0 Å². The summed E-state index contributed by atoms with van der Waals surface area (Å²) in [5.74, 6) is 0. The van der Waals surface area contributed by atoms with Crippen LogP contribution in [0.2, 0.25) is 0 Å². The first-order valence-corrected chi connectivity index (χ1v) is 6.60. The molecule has 0 spiro atoms. The zero-order valence-electron chi connectivity index (χ0n) is 8.38. The predicted molar refractivity (Wildman–Crippen MR) is 68.9 cm³/mol. The van der Waals surface area contributed by atoms with Crippen molar-refractivity contribution in [2.45, 2.75) is 6.61 Å². The molecule has 0 atom stereocenters. The van der Waals surface area contributed by atoms with Gasteiger partial charge in [0.25, 0.3) is 0 Å². The number of thiazole rings is 1. The minimum atomic E-state index is 0.0234. The Morgan fingerprint density at radius 3 is 2.88 bits per heavy atom. The van der Waals surface area contributed by atoms with Gasteiger partial charge in [-0.2, -0.15) is 0 Å². The molecule has 4 heteroatoms. The Morgan fingerprint density at radius 1 is 1.25 bits per heavy atom. The first kappa shape index (κ1) is 9.96. The van der Waals surface area contributed by atoms with E-state index in [1.165, 1.54) is 21.4 Å². The van der Waals surface area contributed by atoms with Gasteiger partial charge in [-0.05, 0) is 17.5 Å². The van der Waals surface area contributed by atoms with Crippen LogP contribution in [-0.4, -0.2) is 10.1 Å². The summed E-state index contributed by atoms with van der Waals surface area (Å²) < 4.78 is 1.27. The molecule has 2 nitrogen and oxygen atoms in total. The predicted octanol–water partition coefficient (Wildman–Crippen LogP) is 3.52. The van der Waals surface area contributed by atoms with Gasteiger partial charge >= 0.3 is 0 Å². The molecule has 0 radical (unpaired) electrons. The van der Waals surface area contributed by atoms with Crippen molar-refractivity contribution in [1.82, 2.24) is 4.98 Å². The molecule has 3 rings (SSSR count). The van der Waals surface area contributed by atoms with Crippen LogP contribution in [0, 0.1) is 0 Å². The third kappa shape index (κ3) is 1.65. The van der Waals surface area contributed by atoms with E-state index >= 15 is 0 Å². The number of fused-ring (bicyclic) bond motifs is 1. The lowest BCUT2D eigenvalue weighted by molar-refractivity contribution is 0.281. The normalized spacial score (nSPS) is 11.1. The van der Waals surface area contributed by atoms with Crippen LogP contribution in [-0.2, 0) is 6.61 Å². The molecule has 0 amide bonds. The summed E-state index contributed by atoms with van der Waals surface area (Å²) in [6.07, 6.45) is 0. The van der Waals surface area contributed by atoms with Crippen LogP contribution in [0.5, 0.6) is 0 Å². The number of aliphatic hydroxyl groups excluding tert-OH is 1. The first-order chi connectivity index (χ1) is 7.86. The van der Waals surface area contributed by atoms with Gasteiger partial charge in [-0.3, -0.25) is 0 Å². The Bertz CT molecular complexity index is 594. The number of rotatable bonds is 2. The van der Waals surface area contributed by atoms with Crippen molar-refractivity contribution in [3.05, 3.63) is 40.7 Å². The summed E-state index contributed by atoms with van der Waals surface area (Å²) in [6, 6.07) is 10.5. The van der Waals surface area contributed by atoms with Gasteiger partial charge < -0.3 is 5.11 Å². The van der Waals surface area contributed by atoms with Crippen molar-refractivity contribution in [2.24, 2.45) is 0 Å². The standard InChI is InChI=1S/C12H9NOS2/c14-6-12-13-9(7-15-12)11-5-8-3-1-2-4-10(8)16-11/h1-5,7,14H,6H2. The molecule has 0 bridgehead atoms. The number of hydrogen-bond donors (Lipinski definition) is 1. The summed E-state index contributed by atoms with van der Waals surface area (Å²) in [5, 5.41) is 13.0. The average Bonchev–Trinajstić information content (AvgIpc) is 2.95. The number of thiophene rings is 1. The Kier molecular flexibility index (Phi) is 2.47. The van der Waals surface area contributed by atoms with Crippen LogP contribution >= 0.6 is 22.7 Å². The third-order valence-electron chi connectivity index (χ3n) is 2.36. The highest BCUT2D eigenvalue weighted by Crippen LogP contribution is 2.33. The van der Waals surface area contributed by atoms with E-state index in [2.05, 4.69) is 23.2 Å². The maximum Gasteiger partial charge on any atom is 0.119 e. The van der Waals surface area contributed by atoms with Crippen molar-refractivity contribution in [3.8, 4) is 10.6 Å². The molecule has 1 N–H and O–H groups in total. The fourth-order valence-corrected chi connectivity index (χ4v) is 3.36. The van der Waals surface area contributed by atoms with Crippen LogP contribution in [0.3, 0.4) is 0 Å². The van der Waals surface area contributed by atoms with Gasteiger partial charge in [0.1, 0.15) is 5.01 Å². The molecule has 0 aliphatic carbocycles. The second kappa shape index (κ2) is 3.97. The van der Waals surface area contributed by atoms with E-state index in [9.17, 15) is 0 Å². The Labute approximate surface area is 101 Å². The minimum absolute atomic E-state index is 0.0234. The SMILES string of the molecule is OCc1nc(-c2cc3ccccc3s2)cs1. The summed E-state index contributed by atoms with van der Waals surface area (Å²) >= 11 is 3.24. The van der Waals surface area contributed by atoms with Gasteiger partial charge in [0.15, 0.2) is 0 Å². The van der Waals surface area contributed by atoms with E-state index in [-0.39, 0.29) is 6.61 Å². The van der Waals surface area contributed by atoms with E-state index in [1.54, 1.807) is 11.3 Å². The minimum Gasteiger partial charge on any atom is -0.389 e. The van der Waals surface area contributed by atoms with Crippen molar-refractivity contribution in [1.29, 1.82) is 0 Å². The maximum atomic E-state index is 8.99. The number of hydrogen-bond acceptors (Lipinski definition) is 4. The van der Waals surface area contributed by atoms with Gasteiger partial charge in [-0.1, -0.05) is 18.2 Å². The van der Waals surface area contributed by atoms with Crippen LogP contribution in [0.15, 0.2) is 35.7 Å². The van der Waals surface area contributed by atoms with E-state index < -0.39 is 0 Å². The highest BCUT2D eigenvalue weighted by molar-refractivity contribution is 7.22. The molecule has 3 aromatic rings. The van der Waals surface area contributed by atoms with Gasteiger partial charge in [0.05, 0.1) is 17.2 Å². The van der Waals surface area contributed by atoms with Crippen LogP contribution in [0.4, 0.5) is 0 Å². The van der Waals surface area contributed by atoms with Crippen LogP contribution < -0.4 is 0 Å². The molecule has 16 heavy (non-hydrogen) atoms. The lowest BCUT2D eigenvalue weighted by atomic mass is 10.2. The molecular formula is C12H9NOS2. The molecule has 0 aliphatic heterocycles. The fourth-order valence-electron chi connectivity index (χ4n) is 1.60. The highest BCUT2D eigenvalue weighted by atomic mass is 32.1. The van der Waals surface area contributed by atoms with Gasteiger partial charge in [-0.25, -0.2) is 4.98 Å². The average molecular weight is 247 g/mol. The second-order valence-corrected chi connectivity index (χ2v) is 5.46. The number of aromatic nitrogens is 1. The summed E-state index contributed by atoms with van der Waals surface area (Å²) in [7, 11) is 0. The first-order valence-electron chi connectivity index (χ1n) is 4.91. The smallest absolute Gasteiger partial charge is 0.119 e. The van der Waals surface area contributed by atoms with E-state index in [0.717, 1.165) is 15.6 Å². The molecule has 1 aromatic carbocycles. The number of nitrogens with zero attached hydrogens (tertiary/aromatic N) is 1. The topological polar surface area (TPSA) is 33.1 Å². The van der Waals surface area contributed by atoms with Gasteiger partial charge in [-0.15, -0.1) is 22.7 Å². The molecule has 0 saturated carbocycles. The second-order valence-electron chi connectivity index (χ2n) is 3.43. The van der Waals surface area contributed by atoms with Crippen molar-refractivity contribution in [3.63, 3.8) is 0 Å². The molecule has 0 fully saturated rings. The maximum absolute atomic E-state index is 8.99. The zero-order valence-corrected chi connectivity index (χ0v) is 10.0. The Morgan fingerprint density at radius 2 is 2.12 bits per heavy atom. The highest BCUT2D eigenvalue weighted by Gasteiger charge is 2.07. The summed E-state index contributed by atoms with van der Waals surface area (Å²) in [5.41, 5.74) is 0.968. The molecule has 0 aliphatic rings. The summed E-state index contributed by atoms with van der Waals surface area (Å²) in [4.78, 5) is 5.54. The van der Waals surface area contributed by atoms with E-state index in [0.29, 0.717) is 0 Å². The number of benzene rings is 1. The zero-order chi connectivity index (χ0) is 11.0.